The topological polar surface area (TPSA) is 107 Å². The normalized spacial score (nSPS) is 10.8. The minimum Gasteiger partial charge on any atom is -0.380 e. The molecular weight excluding hydrogens is 370 g/mol. The maximum absolute atomic E-state index is 11.3. The summed E-state index contributed by atoms with van der Waals surface area (Å²) in [6.45, 7) is 1.97. The van der Waals surface area contributed by atoms with Crippen molar-refractivity contribution >= 4 is 34.4 Å². The summed E-state index contributed by atoms with van der Waals surface area (Å²) >= 11 is 0. The first-order chi connectivity index (χ1) is 14.1. The van der Waals surface area contributed by atoms with E-state index < -0.39 is 0 Å². The number of hydrogen-bond donors (Lipinski definition) is 2. The fraction of sp³-hybridized carbons (Fsp3) is 0.150. The highest BCUT2D eigenvalue weighted by molar-refractivity contribution is 5.89. The molecule has 0 aliphatic heterocycles. The van der Waals surface area contributed by atoms with Gasteiger partial charge in [0.05, 0.1) is 18.5 Å². The van der Waals surface area contributed by atoms with E-state index in [-0.39, 0.29) is 5.91 Å². The third-order valence-electron chi connectivity index (χ3n) is 4.10. The van der Waals surface area contributed by atoms with Crippen LogP contribution in [0.3, 0.4) is 0 Å². The number of rotatable bonds is 6. The second kappa shape index (κ2) is 8.03. The summed E-state index contributed by atoms with van der Waals surface area (Å²) < 4.78 is 6.86. The van der Waals surface area contributed by atoms with Gasteiger partial charge in [-0.1, -0.05) is 23.4 Å². The van der Waals surface area contributed by atoms with E-state index in [1.807, 2.05) is 42.5 Å². The lowest BCUT2D eigenvalue weighted by molar-refractivity contribution is -0.114. The third-order valence-corrected chi connectivity index (χ3v) is 4.10. The van der Waals surface area contributed by atoms with Crippen molar-refractivity contribution < 1.29 is 9.53 Å². The summed E-state index contributed by atoms with van der Waals surface area (Å²) in [5.41, 5.74) is 4.45. The van der Waals surface area contributed by atoms with Crippen LogP contribution in [-0.2, 0) is 16.1 Å². The van der Waals surface area contributed by atoms with Gasteiger partial charge in [-0.05, 0) is 35.9 Å². The maximum Gasteiger partial charge on any atom is 0.229 e. The van der Waals surface area contributed by atoms with Gasteiger partial charge in [0.2, 0.25) is 11.9 Å². The number of nitrogens with zero attached hydrogens (tertiary/aromatic N) is 5. The van der Waals surface area contributed by atoms with Gasteiger partial charge in [-0.3, -0.25) is 4.79 Å². The summed E-state index contributed by atoms with van der Waals surface area (Å²) in [6.07, 6.45) is 1.62. The molecule has 0 aliphatic rings. The molecule has 29 heavy (non-hydrogen) atoms. The second-order valence-electron chi connectivity index (χ2n) is 6.39. The number of benzene rings is 2. The molecule has 2 aromatic heterocycles. The molecule has 0 spiro atoms. The molecule has 2 aromatic carbocycles. The number of carbonyl (C=O) groups excluding carboxylic acids is 1. The first-order valence-corrected chi connectivity index (χ1v) is 8.94. The number of hydrogen-bond acceptors (Lipinski definition) is 7. The Kier molecular flexibility index (Phi) is 5.12. The predicted octanol–water partition coefficient (Wildman–Crippen LogP) is 3.06. The Morgan fingerprint density at radius 2 is 1.97 bits per heavy atom. The number of amides is 1. The minimum atomic E-state index is -0.134. The Hall–Kier alpha value is -3.85. The molecule has 0 atom stereocenters. The van der Waals surface area contributed by atoms with Gasteiger partial charge in [-0.2, -0.15) is 9.67 Å². The minimum absolute atomic E-state index is 0.134. The Morgan fingerprint density at radius 1 is 1.14 bits per heavy atom. The molecule has 0 saturated carbocycles. The molecule has 2 heterocycles. The number of aromatic nitrogens is 5. The predicted molar refractivity (Wildman–Crippen MR) is 109 cm³/mol. The van der Waals surface area contributed by atoms with Gasteiger partial charge in [0.1, 0.15) is 0 Å². The van der Waals surface area contributed by atoms with Crippen molar-refractivity contribution in [2.75, 3.05) is 17.7 Å². The molecule has 146 valence electrons. The lowest BCUT2D eigenvalue weighted by Crippen LogP contribution is -2.06. The van der Waals surface area contributed by atoms with Crippen molar-refractivity contribution in [3.8, 4) is 5.69 Å². The fourth-order valence-corrected chi connectivity index (χ4v) is 2.91. The van der Waals surface area contributed by atoms with Crippen LogP contribution in [0.15, 0.2) is 54.7 Å². The molecule has 4 rings (SSSR count). The average molecular weight is 389 g/mol. The lowest BCUT2D eigenvalue weighted by atomic mass is 10.2. The van der Waals surface area contributed by atoms with Gasteiger partial charge in [0, 0.05) is 25.4 Å². The van der Waals surface area contributed by atoms with Gasteiger partial charge < -0.3 is 15.4 Å². The zero-order valence-corrected chi connectivity index (χ0v) is 16.0. The van der Waals surface area contributed by atoms with E-state index in [1.165, 1.54) is 6.92 Å². The third kappa shape index (κ3) is 4.19. The highest BCUT2D eigenvalue weighted by Gasteiger charge is 2.11. The quantitative estimate of drug-likeness (QED) is 0.522. The van der Waals surface area contributed by atoms with Crippen LogP contribution < -0.4 is 10.6 Å². The molecule has 0 bridgehead atoms. The van der Waals surface area contributed by atoms with Crippen LogP contribution in [0.2, 0.25) is 0 Å². The van der Waals surface area contributed by atoms with Gasteiger partial charge >= 0.3 is 0 Å². The van der Waals surface area contributed by atoms with Crippen molar-refractivity contribution in [1.82, 2.24) is 25.0 Å². The van der Waals surface area contributed by atoms with Crippen LogP contribution in [0, 0.1) is 0 Å². The second-order valence-corrected chi connectivity index (χ2v) is 6.39. The first kappa shape index (κ1) is 18.5. The van der Waals surface area contributed by atoms with E-state index in [2.05, 4.69) is 30.9 Å². The lowest BCUT2D eigenvalue weighted by Gasteiger charge is -2.08. The van der Waals surface area contributed by atoms with E-state index in [0.717, 1.165) is 16.9 Å². The largest absolute Gasteiger partial charge is 0.380 e. The summed E-state index contributed by atoms with van der Waals surface area (Å²) in [5.74, 6) is 0.263. The Balaban J connectivity index is 1.65. The van der Waals surface area contributed by atoms with Crippen LogP contribution in [0.4, 0.5) is 17.3 Å². The molecule has 0 saturated heterocycles. The van der Waals surface area contributed by atoms with Gasteiger partial charge in [0.15, 0.2) is 11.2 Å². The summed E-state index contributed by atoms with van der Waals surface area (Å²) in [5, 5.41) is 14.3. The number of methoxy groups -OCH3 is 1. The van der Waals surface area contributed by atoms with Crippen molar-refractivity contribution in [3.63, 3.8) is 0 Å². The summed E-state index contributed by atoms with van der Waals surface area (Å²) in [7, 11) is 1.66. The zero-order chi connectivity index (χ0) is 20.2. The molecule has 4 aromatic rings. The average Bonchev–Trinajstić information content (AvgIpc) is 3.11. The van der Waals surface area contributed by atoms with Crippen molar-refractivity contribution in [3.05, 3.63) is 60.3 Å². The molecule has 1 amide bonds. The van der Waals surface area contributed by atoms with E-state index in [0.29, 0.717) is 29.4 Å². The maximum atomic E-state index is 11.3. The van der Waals surface area contributed by atoms with Crippen molar-refractivity contribution in [2.24, 2.45) is 0 Å². The van der Waals surface area contributed by atoms with E-state index >= 15 is 0 Å². The SMILES string of the molecule is COCc1cccc(-n2nnc3cnc(Nc4cccc(NC(C)=O)c4)nc32)c1. The van der Waals surface area contributed by atoms with E-state index in [1.54, 1.807) is 24.1 Å². The number of anilines is 3. The number of ether oxygens (including phenoxy) is 1. The molecule has 0 radical (unpaired) electrons. The van der Waals surface area contributed by atoms with Gasteiger partial charge in [-0.25, -0.2) is 4.98 Å². The Morgan fingerprint density at radius 3 is 2.79 bits per heavy atom. The van der Waals surface area contributed by atoms with Crippen LogP contribution in [0.5, 0.6) is 0 Å². The number of carbonyl (C=O) groups is 1. The first-order valence-electron chi connectivity index (χ1n) is 8.94. The standard InChI is InChI=1S/C20H19N7O2/c1-13(28)22-15-6-4-7-16(10-15)23-20-21-11-18-19(24-20)27(26-25-18)17-8-3-5-14(9-17)12-29-2/h3-11H,12H2,1-2H3,(H,22,28)(H,21,23,24). The molecule has 0 unspecified atom stereocenters. The molecule has 2 N–H and O–H groups in total. The molecule has 9 heteroatoms. The highest BCUT2D eigenvalue weighted by Crippen LogP contribution is 2.21. The van der Waals surface area contributed by atoms with E-state index in [9.17, 15) is 4.79 Å². The molecule has 0 aliphatic carbocycles. The van der Waals surface area contributed by atoms with Crippen LogP contribution in [0.1, 0.15) is 12.5 Å². The zero-order valence-electron chi connectivity index (χ0n) is 16.0. The Bertz CT molecular complexity index is 1170. The fourth-order valence-electron chi connectivity index (χ4n) is 2.91. The van der Waals surface area contributed by atoms with Crippen molar-refractivity contribution in [2.45, 2.75) is 13.5 Å². The Labute approximate surface area is 166 Å². The smallest absolute Gasteiger partial charge is 0.229 e. The van der Waals surface area contributed by atoms with Crippen LogP contribution >= 0.6 is 0 Å². The molecule has 9 nitrogen and oxygen atoms in total. The highest BCUT2D eigenvalue weighted by atomic mass is 16.5. The summed E-state index contributed by atoms with van der Waals surface area (Å²) in [4.78, 5) is 20.1. The van der Waals surface area contributed by atoms with Crippen molar-refractivity contribution in [1.29, 1.82) is 0 Å². The van der Waals surface area contributed by atoms with E-state index in [4.69, 9.17) is 4.74 Å². The number of nitrogens with one attached hydrogen (secondary N) is 2. The monoisotopic (exact) mass is 389 g/mol. The molecule has 0 fully saturated rings. The van der Waals surface area contributed by atoms with Gasteiger partial charge in [-0.15, -0.1) is 5.10 Å². The van der Waals surface area contributed by atoms with Crippen LogP contribution in [0.25, 0.3) is 16.9 Å². The summed E-state index contributed by atoms with van der Waals surface area (Å²) in [6, 6.07) is 15.1. The van der Waals surface area contributed by atoms with Gasteiger partial charge in [0.25, 0.3) is 0 Å². The molecular formula is C20H19N7O2. The number of fused-ring (bicyclic) bond motifs is 1. The van der Waals surface area contributed by atoms with Crippen LogP contribution in [-0.4, -0.2) is 38.0 Å².